The van der Waals surface area contributed by atoms with Crippen LogP contribution in [0.3, 0.4) is 0 Å². The quantitative estimate of drug-likeness (QED) is 0.703. The first-order valence-corrected chi connectivity index (χ1v) is 9.76. The number of carbonyl (C=O) groups excluding carboxylic acids is 2. The Morgan fingerprint density at radius 2 is 1.92 bits per heavy atom. The number of anilines is 1. The van der Waals surface area contributed by atoms with E-state index in [4.69, 9.17) is 9.47 Å². The summed E-state index contributed by atoms with van der Waals surface area (Å²) in [4.78, 5) is 27.8. The van der Waals surface area contributed by atoms with Crippen LogP contribution in [-0.4, -0.2) is 49.2 Å². The van der Waals surface area contributed by atoms with Crippen LogP contribution in [-0.2, 0) is 19.1 Å². The van der Waals surface area contributed by atoms with Crippen molar-refractivity contribution < 1.29 is 19.1 Å². The zero-order valence-corrected chi connectivity index (χ0v) is 16.7. The number of thioether (sulfide) groups is 1. The van der Waals surface area contributed by atoms with Gasteiger partial charge < -0.3 is 19.7 Å². The van der Waals surface area contributed by atoms with Gasteiger partial charge in [0.2, 0.25) is 11.8 Å². The minimum atomic E-state index is -0.476. The fourth-order valence-electron chi connectivity index (χ4n) is 2.80. The summed E-state index contributed by atoms with van der Waals surface area (Å²) in [5, 5.41) is 2.80. The van der Waals surface area contributed by atoms with E-state index in [0.29, 0.717) is 19.6 Å². The van der Waals surface area contributed by atoms with E-state index in [0.717, 1.165) is 10.6 Å². The van der Waals surface area contributed by atoms with Crippen molar-refractivity contribution >= 4 is 29.3 Å². The monoisotopic (exact) mass is 380 g/mol. The molecule has 7 heteroatoms. The first-order chi connectivity index (χ1) is 12.4. The van der Waals surface area contributed by atoms with Crippen molar-refractivity contribution in [1.82, 2.24) is 5.32 Å². The Hall–Kier alpha value is -1.57. The molecule has 0 aromatic heterocycles. The number of benzene rings is 1. The van der Waals surface area contributed by atoms with Crippen LogP contribution >= 0.6 is 11.8 Å². The van der Waals surface area contributed by atoms with Gasteiger partial charge in [-0.3, -0.25) is 9.59 Å². The van der Waals surface area contributed by atoms with E-state index in [9.17, 15) is 9.59 Å². The summed E-state index contributed by atoms with van der Waals surface area (Å²) in [5.41, 5.74) is 0.786. The van der Waals surface area contributed by atoms with Gasteiger partial charge in [-0.25, -0.2) is 0 Å². The molecule has 0 bridgehead atoms. The lowest BCUT2D eigenvalue weighted by atomic mass is 10.1. The highest BCUT2D eigenvalue weighted by molar-refractivity contribution is 8.00. The molecule has 1 aliphatic heterocycles. The summed E-state index contributed by atoms with van der Waals surface area (Å²) >= 11 is 1.67. The van der Waals surface area contributed by atoms with Gasteiger partial charge in [0.25, 0.3) is 0 Å². The average Bonchev–Trinajstić information content (AvgIpc) is 2.66. The van der Waals surface area contributed by atoms with Gasteiger partial charge >= 0.3 is 0 Å². The summed E-state index contributed by atoms with van der Waals surface area (Å²) in [7, 11) is 0. The molecular formula is C19H28N2O4S. The van der Waals surface area contributed by atoms with E-state index >= 15 is 0 Å². The second-order valence-corrected chi connectivity index (χ2v) is 8.38. The Balaban J connectivity index is 2.07. The standard InChI is InChI=1S/C19H28N2O4S/c1-5-24-18(25-6-2)12-20-16(22)13-21-14-9-7-8-10-15(14)26-19(3,4)11-17(21)23/h7-10,18H,5-6,11-13H2,1-4H3,(H,20,22). The molecule has 1 heterocycles. The number of rotatable bonds is 8. The van der Waals surface area contributed by atoms with E-state index < -0.39 is 6.29 Å². The summed E-state index contributed by atoms with van der Waals surface area (Å²) in [6.45, 7) is 9.09. The van der Waals surface area contributed by atoms with Crippen LogP contribution in [0.4, 0.5) is 5.69 Å². The largest absolute Gasteiger partial charge is 0.351 e. The molecule has 0 saturated heterocycles. The predicted molar refractivity (Wildman–Crippen MR) is 103 cm³/mol. The minimum Gasteiger partial charge on any atom is -0.351 e. The maximum Gasteiger partial charge on any atom is 0.240 e. The van der Waals surface area contributed by atoms with Crippen molar-refractivity contribution in [3.8, 4) is 0 Å². The third kappa shape index (κ3) is 5.72. The van der Waals surface area contributed by atoms with Gasteiger partial charge in [0.05, 0.1) is 12.2 Å². The molecule has 2 rings (SSSR count). The van der Waals surface area contributed by atoms with Gasteiger partial charge in [-0.15, -0.1) is 11.8 Å². The second kappa shape index (κ2) is 9.39. The molecule has 1 aliphatic rings. The third-order valence-corrected chi connectivity index (χ3v) is 5.16. The maximum absolute atomic E-state index is 12.8. The summed E-state index contributed by atoms with van der Waals surface area (Å²) < 4.78 is 10.6. The molecule has 0 atom stereocenters. The van der Waals surface area contributed by atoms with E-state index in [1.807, 2.05) is 52.0 Å². The summed E-state index contributed by atoms with van der Waals surface area (Å²) in [5.74, 6) is -0.281. The molecule has 26 heavy (non-hydrogen) atoms. The minimum absolute atomic E-state index is 0.0164. The third-order valence-electron chi connectivity index (χ3n) is 3.89. The van der Waals surface area contributed by atoms with Gasteiger partial charge in [-0.2, -0.15) is 0 Å². The van der Waals surface area contributed by atoms with E-state index in [1.54, 1.807) is 16.7 Å². The number of hydrogen-bond acceptors (Lipinski definition) is 5. The molecule has 0 aliphatic carbocycles. The molecule has 144 valence electrons. The number of nitrogens with zero attached hydrogens (tertiary/aromatic N) is 1. The molecular weight excluding hydrogens is 352 g/mol. The Kier molecular flexibility index (Phi) is 7.49. The number of hydrogen-bond donors (Lipinski definition) is 1. The molecule has 0 spiro atoms. The SMILES string of the molecule is CCOC(CNC(=O)CN1C(=O)CC(C)(C)Sc2ccccc21)OCC. The molecule has 1 aromatic carbocycles. The van der Waals surface area contributed by atoms with E-state index in [1.165, 1.54) is 0 Å². The highest BCUT2D eigenvalue weighted by atomic mass is 32.2. The molecule has 0 saturated carbocycles. The Morgan fingerprint density at radius 1 is 1.27 bits per heavy atom. The van der Waals surface area contributed by atoms with Gasteiger partial charge in [-0.1, -0.05) is 12.1 Å². The van der Waals surface area contributed by atoms with Gasteiger partial charge in [0.1, 0.15) is 6.54 Å². The zero-order valence-electron chi connectivity index (χ0n) is 15.9. The van der Waals surface area contributed by atoms with Gasteiger partial charge in [0.15, 0.2) is 6.29 Å². The molecule has 6 nitrogen and oxygen atoms in total. The number of para-hydroxylation sites is 1. The molecule has 2 amide bonds. The van der Waals surface area contributed by atoms with Crippen molar-refractivity contribution in [3.63, 3.8) is 0 Å². The molecule has 0 radical (unpaired) electrons. The Labute approximate surface area is 159 Å². The molecule has 1 N–H and O–H groups in total. The lowest BCUT2D eigenvalue weighted by Crippen LogP contribution is -2.44. The van der Waals surface area contributed by atoms with Crippen molar-refractivity contribution in [1.29, 1.82) is 0 Å². The molecule has 0 fully saturated rings. The summed E-state index contributed by atoms with van der Waals surface area (Å²) in [6.07, 6.45) is -0.101. The van der Waals surface area contributed by atoms with Crippen LogP contribution < -0.4 is 10.2 Å². The van der Waals surface area contributed by atoms with Crippen LogP contribution in [0.1, 0.15) is 34.1 Å². The number of amides is 2. The first-order valence-electron chi connectivity index (χ1n) is 8.94. The Bertz CT molecular complexity index is 630. The normalized spacial score (nSPS) is 16.3. The molecule has 0 unspecified atom stereocenters. The number of ether oxygens (including phenoxy) is 2. The number of carbonyl (C=O) groups is 2. The highest BCUT2D eigenvalue weighted by Gasteiger charge is 2.33. The van der Waals surface area contributed by atoms with Crippen molar-refractivity contribution in [3.05, 3.63) is 24.3 Å². The smallest absolute Gasteiger partial charge is 0.240 e. The van der Waals surface area contributed by atoms with Crippen molar-refractivity contribution in [2.75, 3.05) is 31.2 Å². The lowest BCUT2D eigenvalue weighted by Gasteiger charge is -2.23. The van der Waals surface area contributed by atoms with E-state index in [2.05, 4.69) is 5.32 Å². The van der Waals surface area contributed by atoms with E-state index in [-0.39, 0.29) is 29.7 Å². The van der Waals surface area contributed by atoms with Crippen molar-refractivity contribution in [2.24, 2.45) is 0 Å². The highest BCUT2D eigenvalue weighted by Crippen LogP contribution is 2.43. The maximum atomic E-state index is 12.8. The zero-order chi connectivity index (χ0) is 19.2. The fraction of sp³-hybridized carbons (Fsp3) is 0.579. The predicted octanol–water partition coefficient (Wildman–Crippen LogP) is 2.81. The summed E-state index contributed by atoms with van der Waals surface area (Å²) in [6, 6.07) is 7.71. The van der Waals surface area contributed by atoms with Gasteiger partial charge in [0, 0.05) is 29.3 Å². The lowest BCUT2D eigenvalue weighted by molar-refractivity contribution is -0.140. The topological polar surface area (TPSA) is 67.9 Å². The average molecular weight is 381 g/mol. The van der Waals surface area contributed by atoms with Crippen LogP contribution in [0, 0.1) is 0 Å². The van der Waals surface area contributed by atoms with Crippen LogP contribution in [0.15, 0.2) is 29.2 Å². The van der Waals surface area contributed by atoms with Crippen LogP contribution in [0.25, 0.3) is 0 Å². The van der Waals surface area contributed by atoms with Crippen molar-refractivity contribution in [2.45, 2.75) is 50.0 Å². The Morgan fingerprint density at radius 3 is 2.58 bits per heavy atom. The van der Waals surface area contributed by atoms with Gasteiger partial charge in [-0.05, 0) is 39.8 Å². The fourth-order valence-corrected chi connectivity index (χ4v) is 4.02. The number of nitrogens with one attached hydrogen (secondary N) is 1. The molecule has 1 aromatic rings. The second-order valence-electron chi connectivity index (χ2n) is 6.63. The first kappa shape index (κ1) is 20.7. The van der Waals surface area contributed by atoms with Crippen LogP contribution in [0.2, 0.25) is 0 Å². The number of fused-ring (bicyclic) bond motifs is 1. The van der Waals surface area contributed by atoms with Crippen LogP contribution in [0.5, 0.6) is 0 Å².